The summed E-state index contributed by atoms with van der Waals surface area (Å²) in [5.74, 6) is 0.881. The summed E-state index contributed by atoms with van der Waals surface area (Å²) in [5, 5.41) is 0. The molecule has 0 radical (unpaired) electrons. The van der Waals surface area contributed by atoms with E-state index < -0.39 is 0 Å². The Balaban J connectivity index is 1.81. The van der Waals surface area contributed by atoms with Crippen LogP contribution in [0.25, 0.3) is 11.4 Å². The molecular formula is C14H15BrN4O. The fourth-order valence-electron chi connectivity index (χ4n) is 2.15. The van der Waals surface area contributed by atoms with Gasteiger partial charge >= 0.3 is 0 Å². The molecule has 104 valence electrons. The summed E-state index contributed by atoms with van der Waals surface area (Å²) in [6.07, 6.45) is 9.25. The van der Waals surface area contributed by atoms with Gasteiger partial charge in [0.25, 0.3) is 0 Å². The van der Waals surface area contributed by atoms with E-state index in [1.165, 1.54) is 0 Å². The first kappa shape index (κ1) is 13.3. The van der Waals surface area contributed by atoms with Crippen LogP contribution in [-0.4, -0.2) is 38.4 Å². The molecule has 0 N–H and O–H groups in total. The Morgan fingerprint density at radius 1 is 1.50 bits per heavy atom. The molecule has 2 heterocycles. The quantitative estimate of drug-likeness (QED) is 0.862. The highest BCUT2D eigenvalue weighted by molar-refractivity contribution is 9.10. The molecule has 0 unspecified atom stereocenters. The van der Waals surface area contributed by atoms with Gasteiger partial charge in [0.05, 0.1) is 0 Å². The number of hydrogen-bond donors (Lipinski definition) is 0. The molecule has 1 aliphatic rings. The Labute approximate surface area is 125 Å². The number of rotatable bonds is 4. The molecule has 0 aliphatic heterocycles. The van der Waals surface area contributed by atoms with Crippen LogP contribution in [0.4, 0.5) is 0 Å². The van der Waals surface area contributed by atoms with Crippen LogP contribution < -0.4 is 0 Å². The zero-order valence-electron chi connectivity index (χ0n) is 11.2. The van der Waals surface area contributed by atoms with Gasteiger partial charge in [-0.1, -0.05) is 0 Å². The van der Waals surface area contributed by atoms with Crippen molar-refractivity contribution in [3.8, 4) is 11.4 Å². The largest absolute Gasteiger partial charge is 0.341 e. The summed E-state index contributed by atoms with van der Waals surface area (Å²) >= 11 is 3.40. The Kier molecular flexibility index (Phi) is 3.56. The van der Waals surface area contributed by atoms with Gasteiger partial charge in [-0.15, -0.1) is 0 Å². The Morgan fingerprint density at radius 2 is 2.30 bits per heavy atom. The van der Waals surface area contributed by atoms with Crippen LogP contribution in [0.2, 0.25) is 0 Å². The molecule has 0 atom stereocenters. The second-order valence-corrected chi connectivity index (χ2v) is 5.92. The molecule has 0 spiro atoms. The zero-order chi connectivity index (χ0) is 14.1. The molecule has 1 amide bonds. The SMILES string of the molecule is CN(C(=O)Cn1ccnc1-c1cncc(Br)c1)C1CC1. The van der Waals surface area contributed by atoms with Crippen molar-refractivity contribution in [2.24, 2.45) is 0 Å². The van der Waals surface area contributed by atoms with Crippen molar-refractivity contribution < 1.29 is 4.79 Å². The van der Waals surface area contributed by atoms with Gasteiger partial charge in [-0.05, 0) is 34.8 Å². The standard InChI is InChI=1S/C14H15BrN4O/c1-18(12-2-3-12)13(20)9-19-5-4-17-14(19)10-6-11(15)8-16-7-10/h4-8,12H,2-3,9H2,1H3. The number of pyridine rings is 1. The molecule has 1 aliphatic carbocycles. The lowest BCUT2D eigenvalue weighted by molar-refractivity contribution is -0.131. The Morgan fingerprint density at radius 3 is 3.00 bits per heavy atom. The molecule has 1 fully saturated rings. The molecule has 2 aromatic heterocycles. The maximum absolute atomic E-state index is 12.2. The molecule has 20 heavy (non-hydrogen) atoms. The van der Waals surface area contributed by atoms with Crippen molar-refractivity contribution in [3.63, 3.8) is 0 Å². The molecule has 3 rings (SSSR count). The van der Waals surface area contributed by atoms with Crippen LogP contribution in [-0.2, 0) is 11.3 Å². The lowest BCUT2D eigenvalue weighted by Gasteiger charge is -2.17. The Bertz CT molecular complexity index is 636. The van der Waals surface area contributed by atoms with Gasteiger partial charge in [0, 0.05) is 47.9 Å². The number of likely N-dealkylation sites (N-methyl/N-ethyl adjacent to an activating group) is 1. The number of aromatic nitrogens is 3. The monoisotopic (exact) mass is 334 g/mol. The van der Waals surface area contributed by atoms with Crippen LogP contribution in [0.1, 0.15) is 12.8 Å². The van der Waals surface area contributed by atoms with E-state index in [9.17, 15) is 4.79 Å². The van der Waals surface area contributed by atoms with Crippen molar-refractivity contribution in [1.82, 2.24) is 19.4 Å². The van der Waals surface area contributed by atoms with Crippen LogP contribution in [0.15, 0.2) is 35.3 Å². The number of amides is 1. The molecular weight excluding hydrogens is 320 g/mol. The zero-order valence-corrected chi connectivity index (χ0v) is 12.7. The molecule has 0 aromatic carbocycles. The molecule has 0 saturated heterocycles. The predicted octanol–water partition coefficient (Wildman–Crippen LogP) is 2.33. The summed E-state index contributed by atoms with van der Waals surface area (Å²) in [6, 6.07) is 2.38. The number of nitrogens with zero attached hydrogens (tertiary/aromatic N) is 4. The van der Waals surface area contributed by atoms with Crippen molar-refractivity contribution in [3.05, 3.63) is 35.3 Å². The highest BCUT2D eigenvalue weighted by Gasteiger charge is 2.29. The first-order valence-corrected chi connectivity index (χ1v) is 7.32. The minimum absolute atomic E-state index is 0.120. The van der Waals surface area contributed by atoms with E-state index in [0.29, 0.717) is 12.6 Å². The molecule has 2 aromatic rings. The van der Waals surface area contributed by atoms with Gasteiger partial charge in [-0.2, -0.15) is 0 Å². The third-order valence-electron chi connectivity index (χ3n) is 3.47. The van der Waals surface area contributed by atoms with Crippen LogP contribution in [0, 0.1) is 0 Å². The number of halogens is 1. The lowest BCUT2D eigenvalue weighted by atomic mass is 10.2. The average Bonchev–Trinajstić information content (AvgIpc) is 3.18. The number of carbonyl (C=O) groups excluding carboxylic acids is 1. The van der Waals surface area contributed by atoms with Gasteiger partial charge in [0.15, 0.2) is 0 Å². The summed E-state index contributed by atoms with van der Waals surface area (Å²) in [4.78, 5) is 22.5. The predicted molar refractivity (Wildman–Crippen MR) is 79.0 cm³/mol. The molecule has 0 bridgehead atoms. The van der Waals surface area contributed by atoms with E-state index in [1.807, 2.05) is 28.8 Å². The third kappa shape index (κ3) is 2.75. The third-order valence-corrected chi connectivity index (χ3v) is 3.91. The first-order valence-electron chi connectivity index (χ1n) is 6.53. The second kappa shape index (κ2) is 5.36. The van der Waals surface area contributed by atoms with Crippen LogP contribution in [0.3, 0.4) is 0 Å². The van der Waals surface area contributed by atoms with Crippen molar-refractivity contribution in [1.29, 1.82) is 0 Å². The minimum Gasteiger partial charge on any atom is -0.341 e. The molecule has 5 nitrogen and oxygen atoms in total. The van der Waals surface area contributed by atoms with Crippen molar-refractivity contribution in [2.75, 3.05) is 7.05 Å². The number of carbonyl (C=O) groups is 1. The van der Waals surface area contributed by atoms with E-state index in [0.717, 1.165) is 28.7 Å². The van der Waals surface area contributed by atoms with Gasteiger partial charge in [0.2, 0.25) is 5.91 Å². The summed E-state index contributed by atoms with van der Waals surface area (Å²) in [6.45, 7) is 0.314. The minimum atomic E-state index is 0.120. The van der Waals surface area contributed by atoms with E-state index in [4.69, 9.17) is 0 Å². The summed E-state index contributed by atoms with van der Waals surface area (Å²) < 4.78 is 2.76. The van der Waals surface area contributed by atoms with E-state index in [1.54, 1.807) is 18.6 Å². The highest BCUT2D eigenvalue weighted by Crippen LogP contribution is 2.26. The maximum Gasteiger partial charge on any atom is 0.242 e. The number of imidazole rings is 1. The normalized spacial score (nSPS) is 14.3. The van der Waals surface area contributed by atoms with Gasteiger partial charge in [0.1, 0.15) is 12.4 Å². The first-order chi connectivity index (χ1) is 9.65. The van der Waals surface area contributed by atoms with Gasteiger partial charge < -0.3 is 9.47 Å². The Hall–Kier alpha value is -1.69. The second-order valence-electron chi connectivity index (χ2n) is 5.01. The lowest BCUT2D eigenvalue weighted by Crippen LogP contribution is -2.32. The van der Waals surface area contributed by atoms with Crippen LogP contribution in [0.5, 0.6) is 0 Å². The fourth-order valence-corrected chi connectivity index (χ4v) is 2.52. The van der Waals surface area contributed by atoms with Crippen LogP contribution >= 0.6 is 15.9 Å². The number of hydrogen-bond acceptors (Lipinski definition) is 3. The molecule has 1 saturated carbocycles. The molecule has 6 heteroatoms. The smallest absolute Gasteiger partial charge is 0.242 e. The topological polar surface area (TPSA) is 51.0 Å². The van der Waals surface area contributed by atoms with E-state index in [-0.39, 0.29) is 5.91 Å². The summed E-state index contributed by atoms with van der Waals surface area (Å²) in [7, 11) is 1.87. The maximum atomic E-state index is 12.2. The van der Waals surface area contributed by atoms with Crippen molar-refractivity contribution >= 4 is 21.8 Å². The van der Waals surface area contributed by atoms with Crippen molar-refractivity contribution in [2.45, 2.75) is 25.4 Å². The summed E-state index contributed by atoms with van der Waals surface area (Å²) in [5.41, 5.74) is 0.895. The van der Waals surface area contributed by atoms with Gasteiger partial charge in [-0.25, -0.2) is 4.98 Å². The fraction of sp³-hybridized carbons (Fsp3) is 0.357. The highest BCUT2D eigenvalue weighted by atomic mass is 79.9. The van der Waals surface area contributed by atoms with E-state index in [2.05, 4.69) is 25.9 Å². The average molecular weight is 335 g/mol. The van der Waals surface area contributed by atoms with Gasteiger partial charge in [-0.3, -0.25) is 9.78 Å². The van der Waals surface area contributed by atoms with E-state index >= 15 is 0 Å².